The highest BCUT2D eigenvalue weighted by Crippen LogP contribution is 2.46. The van der Waals surface area contributed by atoms with E-state index in [9.17, 15) is 5.11 Å². The largest absolute Gasteiger partial charge is 0.393 e. The van der Waals surface area contributed by atoms with Crippen molar-refractivity contribution >= 4 is 0 Å². The second-order valence-corrected chi connectivity index (χ2v) is 4.58. The maximum Gasteiger partial charge on any atom is 0.0577 e. The molecule has 1 N–H and O–H groups in total. The fourth-order valence-electron chi connectivity index (χ4n) is 2.63. The highest BCUT2D eigenvalue weighted by atomic mass is 16.3. The van der Waals surface area contributed by atoms with Crippen molar-refractivity contribution in [1.29, 1.82) is 0 Å². The quantitative estimate of drug-likeness (QED) is 0.548. The third-order valence-electron chi connectivity index (χ3n) is 3.58. The Morgan fingerprint density at radius 1 is 1.50 bits per heavy atom. The predicted octanol–water partition coefficient (Wildman–Crippen LogP) is 2.65. The molecule has 1 heteroatoms. The van der Waals surface area contributed by atoms with Crippen LogP contribution in [0.25, 0.3) is 0 Å². The lowest BCUT2D eigenvalue weighted by atomic mass is 9.65. The molecule has 1 saturated carbocycles. The Hall–Kier alpha value is -0.300. The van der Waals surface area contributed by atoms with Gasteiger partial charge in [-0.3, -0.25) is 0 Å². The van der Waals surface area contributed by atoms with Gasteiger partial charge in [-0.2, -0.15) is 0 Å². The molecule has 0 saturated heterocycles. The molecular weight excluding hydrogens is 148 g/mol. The predicted molar refractivity (Wildman–Crippen MR) is 49.9 cm³/mol. The van der Waals surface area contributed by atoms with Gasteiger partial charge in [0, 0.05) is 0 Å². The molecule has 12 heavy (non-hydrogen) atoms. The highest BCUT2D eigenvalue weighted by Gasteiger charge is 2.35. The zero-order valence-corrected chi connectivity index (χ0v) is 7.84. The topological polar surface area (TPSA) is 20.2 Å². The average molecular weight is 166 g/mol. The SMILES string of the molecule is C[C@@]12CCCC=C1CC(O)CC2. The number of allylic oxidation sites excluding steroid dienone is 1. The zero-order chi connectivity index (χ0) is 8.60. The van der Waals surface area contributed by atoms with Gasteiger partial charge in [0.1, 0.15) is 0 Å². The highest BCUT2D eigenvalue weighted by molar-refractivity contribution is 5.19. The maximum absolute atomic E-state index is 9.52. The molecule has 1 nitrogen and oxygen atoms in total. The minimum Gasteiger partial charge on any atom is -0.393 e. The van der Waals surface area contributed by atoms with E-state index < -0.39 is 0 Å². The van der Waals surface area contributed by atoms with Crippen LogP contribution in [0.5, 0.6) is 0 Å². The van der Waals surface area contributed by atoms with Gasteiger partial charge in [0.05, 0.1) is 6.10 Å². The summed E-state index contributed by atoms with van der Waals surface area (Å²) in [7, 11) is 0. The van der Waals surface area contributed by atoms with Crippen molar-refractivity contribution in [2.24, 2.45) is 5.41 Å². The van der Waals surface area contributed by atoms with Crippen LogP contribution in [0.15, 0.2) is 11.6 Å². The Labute approximate surface area is 74.5 Å². The first-order valence-electron chi connectivity index (χ1n) is 5.08. The molecule has 2 aliphatic carbocycles. The number of rotatable bonds is 0. The lowest BCUT2D eigenvalue weighted by Gasteiger charge is -2.41. The fourth-order valence-corrected chi connectivity index (χ4v) is 2.63. The third-order valence-corrected chi connectivity index (χ3v) is 3.58. The first kappa shape index (κ1) is 8.31. The molecular formula is C11H18O. The van der Waals surface area contributed by atoms with Gasteiger partial charge in [0.15, 0.2) is 0 Å². The van der Waals surface area contributed by atoms with Gasteiger partial charge in [-0.15, -0.1) is 0 Å². The Balaban J connectivity index is 2.19. The van der Waals surface area contributed by atoms with Crippen molar-refractivity contribution in [3.8, 4) is 0 Å². The van der Waals surface area contributed by atoms with Crippen LogP contribution in [0, 0.1) is 5.41 Å². The molecule has 0 amide bonds. The molecule has 0 aromatic heterocycles. The lowest BCUT2D eigenvalue weighted by molar-refractivity contribution is 0.104. The molecule has 2 aliphatic rings. The second kappa shape index (κ2) is 2.88. The number of aliphatic hydroxyl groups is 1. The van der Waals surface area contributed by atoms with E-state index >= 15 is 0 Å². The van der Waals surface area contributed by atoms with Crippen LogP contribution < -0.4 is 0 Å². The molecule has 1 fully saturated rings. The summed E-state index contributed by atoms with van der Waals surface area (Å²) in [6, 6.07) is 0. The van der Waals surface area contributed by atoms with E-state index in [1.165, 1.54) is 31.3 Å². The summed E-state index contributed by atoms with van der Waals surface area (Å²) < 4.78 is 0. The summed E-state index contributed by atoms with van der Waals surface area (Å²) in [5.41, 5.74) is 1.99. The summed E-state index contributed by atoms with van der Waals surface area (Å²) in [4.78, 5) is 0. The second-order valence-electron chi connectivity index (χ2n) is 4.58. The molecule has 0 spiro atoms. The van der Waals surface area contributed by atoms with Crippen LogP contribution in [0.4, 0.5) is 0 Å². The Bertz CT molecular complexity index is 207. The van der Waals surface area contributed by atoms with Crippen molar-refractivity contribution < 1.29 is 5.11 Å². The minimum atomic E-state index is -0.0533. The molecule has 2 rings (SSSR count). The van der Waals surface area contributed by atoms with Gasteiger partial charge < -0.3 is 5.11 Å². The van der Waals surface area contributed by atoms with Crippen LogP contribution in [-0.2, 0) is 0 Å². The number of fused-ring (bicyclic) bond motifs is 1. The lowest BCUT2D eigenvalue weighted by Crippen LogP contribution is -2.31. The average Bonchev–Trinajstić information content (AvgIpc) is 2.06. The molecule has 0 aliphatic heterocycles. The molecule has 0 bridgehead atoms. The van der Waals surface area contributed by atoms with Gasteiger partial charge in [0.2, 0.25) is 0 Å². The van der Waals surface area contributed by atoms with Gasteiger partial charge >= 0.3 is 0 Å². The van der Waals surface area contributed by atoms with Crippen LogP contribution >= 0.6 is 0 Å². The number of hydrogen-bond donors (Lipinski definition) is 1. The Kier molecular flexibility index (Phi) is 1.99. The summed E-state index contributed by atoms with van der Waals surface area (Å²) in [6.45, 7) is 2.36. The van der Waals surface area contributed by atoms with E-state index in [4.69, 9.17) is 0 Å². The van der Waals surface area contributed by atoms with Crippen LogP contribution in [0.1, 0.15) is 45.4 Å². The van der Waals surface area contributed by atoms with Gasteiger partial charge in [-0.05, 0) is 43.9 Å². The van der Waals surface area contributed by atoms with Crippen molar-refractivity contribution in [2.75, 3.05) is 0 Å². The molecule has 0 heterocycles. The summed E-state index contributed by atoms with van der Waals surface area (Å²) in [5.74, 6) is 0. The van der Waals surface area contributed by atoms with Crippen molar-refractivity contribution in [1.82, 2.24) is 0 Å². The minimum absolute atomic E-state index is 0.0533. The fraction of sp³-hybridized carbons (Fsp3) is 0.818. The zero-order valence-electron chi connectivity index (χ0n) is 7.84. The number of aliphatic hydroxyl groups excluding tert-OH is 1. The molecule has 2 atom stereocenters. The van der Waals surface area contributed by atoms with Crippen LogP contribution in [0.3, 0.4) is 0 Å². The van der Waals surface area contributed by atoms with E-state index in [1.807, 2.05) is 0 Å². The maximum atomic E-state index is 9.52. The molecule has 0 aromatic carbocycles. The first-order valence-corrected chi connectivity index (χ1v) is 5.08. The van der Waals surface area contributed by atoms with E-state index in [1.54, 1.807) is 0 Å². The normalized spacial score (nSPS) is 41.8. The molecule has 0 aromatic rings. The van der Waals surface area contributed by atoms with E-state index in [-0.39, 0.29) is 6.10 Å². The van der Waals surface area contributed by atoms with Gasteiger partial charge in [-0.1, -0.05) is 18.6 Å². The molecule has 0 radical (unpaired) electrons. The standard InChI is InChI=1S/C11H18O/c1-11-6-3-2-4-9(11)8-10(12)5-7-11/h4,10,12H,2-3,5-8H2,1H3/t10?,11-/m0/s1. The van der Waals surface area contributed by atoms with E-state index in [2.05, 4.69) is 13.0 Å². The summed E-state index contributed by atoms with van der Waals surface area (Å²) in [5, 5.41) is 9.52. The van der Waals surface area contributed by atoms with Crippen LogP contribution in [-0.4, -0.2) is 11.2 Å². The monoisotopic (exact) mass is 166 g/mol. The Morgan fingerprint density at radius 2 is 2.33 bits per heavy atom. The summed E-state index contributed by atoms with van der Waals surface area (Å²) in [6.07, 6.45) is 9.37. The van der Waals surface area contributed by atoms with Gasteiger partial charge in [-0.25, -0.2) is 0 Å². The first-order chi connectivity index (χ1) is 5.71. The van der Waals surface area contributed by atoms with E-state index in [0.29, 0.717) is 5.41 Å². The molecule has 1 unspecified atom stereocenters. The third kappa shape index (κ3) is 1.31. The number of hydrogen-bond acceptors (Lipinski definition) is 1. The van der Waals surface area contributed by atoms with Crippen molar-refractivity contribution in [2.45, 2.75) is 51.6 Å². The van der Waals surface area contributed by atoms with Crippen LogP contribution in [0.2, 0.25) is 0 Å². The smallest absolute Gasteiger partial charge is 0.0577 e. The Morgan fingerprint density at radius 3 is 3.17 bits per heavy atom. The van der Waals surface area contributed by atoms with E-state index in [0.717, 1.165) is 12.8 Å². The van der Waals surface area contributed by atoms with Gasteiger partial charge in [0.25, 0.3) is 0 Å². The van der Waals surface area contributed by atoms with Crippen molar-refractivity contribution in [3.63, 3.8) is 0 Å². The molecule has 68 valence electrons. The van der Waals surface area contributed by atoms with Crippen molar-refractivity contribution in [3.05, 3.63) is 11.6 Å². The summed E-state index contributed by atoms with van der Waals surface area (Å²) >= 11 is 0.